The third kappa shape index (κ3) is 2.13. The smallest absolute Gasteiger partial charge is 0.303 e. The maximum absolute atomic E-state index is 12.5. The molecule has 1 N–H and O–H groups in total. The van der Waals surface area contributed by atoms with Crippen LogP contribution in [0.3, 0.4) is 0 Å². The van der Waals surface area contributed by atoms with Crippen molar-refractivity contribution in [3.05, 3.63) is 60.2 Å². The monoisotopic (exact) mass is 302 g/mol. The molecule has 4 aromatic rings. The second-order valence-electron chi connectivity index (χ2n) is 5.79. The fourth-order valence-corrected chi connectivity index (χ4v) is 3.35. The van der Waals surface area contributed by atoms with Crippen LogP contribution < -0.4 is 0 Å². The highest BCUT2D eigenvalue weighted by atomic mass is 16.4. The van der Waals surface area contributed by atoms with E-state index in [9.17, 15) is 9.59 Å². The van der Waals surface area contributed by atoms with E-state index < -0.39 is 5.97 Å². The largest absolute Gasteiger partial charge is 0.481 e. The SMILES string of the molecule is O=C(O)CCC(=O)c1cc2cccc3ccc4cccc1c4c32. The number of benzene rings is 4. The minimum atomic E-state index is -0.949. The molecule has 0 saturated carbocycles. The summed E-state index contributed by atoms with van der Waals surface area (Å²) in [7, 11) is 0. The van der Waals surface area contributed by atoms with Crippen LogP contribution in [0, 0.1) is 0 Å². The molecule has 0 bridgehead atoms. The zero-order valence-corrected chi connectivity index (χ0v) is 12.4. The van der Waals surface area contributed by atoms with Gasteiger partial charge < -0.3 is 5.11 Å². The molecule has 0 unspecified atom stereocenters. The maximum Gasteiger partial charge on any atom is 0.303 e. The van der Waals surface area contributed by atoms with E-state index >= 15 is 0 Å². The van der Waals surface area contributed by atoms with E-state index in [-0.39, 0.29) is 18.6 Å². The van der Waals surface area contributed by atoms with E-state index in [0.29, 0.717) is 5.56 Å². The molecule has 3 heteroatoms. The van der Waals surface area contributed by atoms with Crippen molar-refractivity contribution in [2.45, 2.75) is 12.8 Å². The summed E-state index contributed by atoms with van der Waals surface area (Å²) in [5.41, 5.74) is 0.614. The summed E-state index contributed by atoms with van der Waals surface area (Å²) in [5, 5.41) is 15.2. The zero-order chi connectivity index (χ0) is 16.0. The summed E-state index contributed by atoms with van der Waals surface area (Å²) in [5.74, 6) is -1.07. The van der Waals surface area contributed by atoms with Crippen molar-refractivity contribution < 1.29 is 14.7 Å². The van der Waals surface area contributed by atoms with Crippen molar-refractivity contribution in [2.75, 3.05) is 0 Å². The molecule has 4 rings (SSSR count). The van der Waals surface area contributed by atoms with Crippen LogP contribution in [0.1, 0.15) is 23.2 Å². The van der Waals surface area contributed by atoms with Crippen LogP contribution in [0.5, 0.6) is 0 Å². The fourth-order valence-electron chi connectivity index (χ4n) is 3.35. The van der Waals surface area contributed by atoms with Gasteiger partial charge in [-0.1, -0.05) is 48.5 Å². The number of carboxylic acid groups (broad SMARTS) is 1. The van der Waals surface area contributed by atoms with Gasteiger partial charge in [0.1, 0.15) is 0 Å². The highest BCUT2D eigenvalue weighted by molar-refractivity contribution is 6.27. The molecule has 0 aliphatic rings. The topological polar surface area (TPSA) is 54.4 Å². The quantitative estimate of drug-likeness (QED) is 0.441. The number of hydrogen-bond acceptors (Lipinski definition) is 2. The molecule has 0 heterocycles. The van der Waals surface area contributed by atoms with Crippen molar-refractivity contribution in [1.82, 2.24) is 0 Å². The van der Waals surface area contributed by atoms with Crippen LogP contribution in [0.2, 0.25) is 0 Å². The van der Waals surface area contributed by atoms with Crippen LogP contribution in [0.4, 0.5) is 0 Å². The molecule has 0 spiro atoms. The molecule has 0 aliphatic carbocycles. The van der Waals surface area contributed by atoms with Gasteiger partial charge in [0.2, 0.25) is 0 Å². The predicted molar refractivity (Wildman–Crippen MR) is 91.3 cm³/mol. The summed E-state index contributed by atoms with van der Waals surface area (Å²) >= 11 is 0. The third-order valence-corrected chi connectivity index (χ3v) is 4.37. The first-order chi connectivity index (χ1) is 11.1. The molecule has 0 aliphatic heterocycles. The van der Waals surface area contributed by atoms with Gasteiger partial charge in [-0.2, -0.15) is 0 Å². The molecule has 112 valence electrons. The molecule has 0 aromatic heterocycles. The van der Waals surface area contributed by atoms with Gasteiger partial charge >= 0.3 is 5.97 Å². The summed E-state index contributed by atoms with van der Waals surface area (Å²) in [4.78, 5) is 23.3. The van der Waals surface area contributed by atoms with Gasteiger partial charge in [-0.25, -0.2) is 0 Å². The Hall–Kier alpha value is -2.94. The average molecular weight is 302 g/mol. The fraction of sp³-hybridized carbons (Fsp3) is 0.100. The van der Waals surface area contributed by atoms with Crippen LogP contribution >= 0.6 is 0 Å². The molecule has 3 nitrogen and oxygen atoms in total. The van der Waals surface area contributed by atoms with Crippen LogP contribution in [0.15, 0.2) is 54.6 Å². The van der Waals surface area contributed by atoms with Gasteiger partial charge in [0.25, 0.3) is 0 Å². The van der Waals surface area contributed by atoms with Gasteiger partial charge in [-0.3, -0.25) is 9.59 Å². The van der Waals surface area contributed by atoms with Crippen molar-refractivity contribution >= 4 is 44.1 Å². The highest BCUT2D eigenvalue weighted by Crippen LogP contribution is 2.36. The van der Waals surface area contributed by atoms with Crippen molar-refractivity contribution in [1.29, 1.82) is 0 Å². The third-order valence-electron chi connectivity index (χ3n) is 4.37. The number of carbonyl (C=O) groups is 2. The van der Waals surface area contributed by atoms with E-state index in [1.54, 1.807) is 0 Å². The van der Waals surface area contributed by atoms with Gasteiger partial charge in [0, 0.05) is 12.0 Å². The summed E-state index contributed by atoms with van der Waals surface area (Å²) < 4.78 is 0. The summed E-state index contributed by atoms with van der Waals surface area (Å²) in [6, 6.07) is 18.0. The van der Waals surface area contributed by atoms with E-state index in [1.807, 2.05) is 36.4 Å². The minimum Gasteiger partial charge on any atom is -0.481 e. The number of rotatable bonds is 4. The number of hydrogen-bond donors (Lipinski definition) is 1. The Morgan fingerprint density at radius 3 is 2.17 bits per heavy atom. The number of carbonyl (C=O) groups excluding carboxylic acids is 1. The zero-order valence-electron chi connectivity index (χ0n) is 12.4. The Labute approximate surface area is 132 Å². The molecule has 0 saturated heterocycles. The lowest BCUT2D eigenvalue weighted by Gasteiger charge is -2.13. The Balaban J connectivity index is 2.04. The van der Waals surface area contributed by atoms with E-state index in [2.05, 4.69) is 18.2 Å². The van der Waals surface area contributed by atoms with Crippen LogP contribution in [-0.4, -0.2) is 16.9 Å². The molecular formula is C20H14O3. The number of carboxylic acids is 1. The Morgan fingerprint density at radius 1 is 0.783 bits per heavy atom. The molecule has 23 heavy (non-hydrogen) atoms. The van der Waals surface area contributed by atoms with Gasteiger partial charge in [0.05, 0.1) is 6.42 Å². The van der Waals surface area contributed by atoms with Crippen molar-refractivity contribution in [3.8, 4) is 0 Å². The standard InChI is InChI=1S/C20H14O3/c21-17(9-10-18(22)23)16-11-14-5-1-3-12-7-8-13-4-2-6-15(16)20(13)19(12)14/h1-8,11H,9-10H2,(H,22,23). The first-order valence-electron chi connectivity index (χ1n) is 7.57. The van der Waals surface area contributed by atoms with Crippen LogP contribution in [0.25, 0.3) is 32.3 Å². The first-order valence-corrected chi connectivity index (χ1v) is 7.57. The van der Waals surface area contributed by atoms with Crippen molar-refractivity contribution in [2.24, 2.45) is 0 Å². The lowest BCUT2D eigenvalue weighted by molar-refractivity contribution is -0.136. The Bertz CT molecular complexity index is 1060. The summed E-state index contributed by atoms with van der Waals surface area (Å²) in [6.07, 6.45) is -0.117. The minimum absolute atomic E-state index is 0.0235. The second-order valence-corrected chi connectivity index (χ2v) is 5.79. The number of ketones is 1. The van der Waals surface area contributed by atoms with Gasteiger partial charge in [-0.15, -0.1) is 0 Å². The molecular weight excluding hydrogens is 288 g/mol. The number of aliphatic carboxylic acids is 1. The predicted octanol–water partition coefficient (Wildman–Crippen LogP) is 4.63. The highest BCUT2D eigenvalue weighted by Gasteiger charge is 2.16. The summed E-state index contributed by atoms with van der Waals surface area (Å²) in [6.45, 7) is 0. The Kier molecular flexibility index (Phi) is 3.01. The molecule has 4 aromatic carbocycles. The van der Waals surface area contributed by atoms with E-state index in [1.165, 1.54) is 0 Å². The molecule has 0 amide bonds. The molecule has 0 atom stereocenters. The lowest BCUT2D eigenvalue weighted by Crippen LogP contribution is -2.05. The lowest BCUT2D eigenvalue weighted by atomic mass is 9.89. The normalized spacial score (nSPS) is 11.5. The van der Waals surface area contributed by atoms with E-state index in [4.69, 9.17) is 5.11 Å². The van der Waals surface area contributed by atoms with Gasteiger partial charge in [0.15, 0.2) is 5.78 Å². The average Bonchev–Trinajstić information content (AvgIpc) is 2.57. The van der Waals surface area contributed by atoms with Crippen molar-refractivity contribution in [3.63, 3.8) is 0 Å². The first kappa shape index (κ1) is 13.7. The maximum atomic E-state index is 12.5. The number of Topliss-reactive ketones (excluding diaryl/α,β-unsaturated/α-hetero) is 1. The van der Waals surface area contributed by atoms with Crippen LogP contribution in [-0.2, 0) is 4.79 Å². The van der Waals surface area contributed by atoms with Gasteiger partial charge in [-0.05, 0) is 38.4 Å². The Morgan fingerprint density at radius 2 is 1.43 bits per heavy atom. The molecule has 0 radical (unpaired) electrons. The molecule has 0 fully saturated rings. The second kappa shape index (κ2) is 5.06. The van der Waals surface area contributed by atoms with E-state index in [0.717, 1.165) is 32.3 Å².